The first kappa shape index (κ1) is 17.6. The van der Waals surface area contributed by atoms with Gasteiger partial charge < -0.3 is 19.1 Å². The molecule has 1 atom stereocenters. The number of carbonyl (C=O) groups excluding carboxylic acids is 1. The van der Waals surface area contributed by atoms with Crippen molar-refractivity contribution < 1.29 is 28.3 Å². The van der Waals surface area contributed by atoms with Gasteiger partial charge in [-0.2, -0.15) is 0 Å². The van der Waals surface area contributed by atoms with Gasteiger partial charge in [-0.3, -0.25) is 9.36 Å². The van der Waals surface area contributed by atoms with Crippen LogP contribution >= 0.6 is 7.60 Å². The summed E-state index contributed by atoms with van der Waals surface area (Å²) in [5.74, 6) is -1.88. The SMILES string of the molecule is C=CCOP(=O)(OCC=C)[C@@]1(C(=O)O)CCCN1C(C)=O. The molecule has 7 nitrogen and oxygen atoms in total. The average molecular weight is 317 g/mol. The van der Waals surface area contributed by atoms with Gasteiger partial charge in [0.1, 0.15) is 0 Å². The molecule has 1 N–H and O–H groups in total. The second-order valence-electron chi connectivity index (χ2n) is 4.56. The zero-order valence-corrected chi connectivity index (χ0v) is 12.9. The molecule has 0 unspecified atom stereocenters. The summed E-state index contributed by atoms with van der Waals surface area (Å²) in [6, 6.07) is 0. The van der Waals surface area contributed by atoms with E-state index in [-0.39, 0.29) is 26.2 Å². The molecule has 0 radical (unpaired) electrons. The standard InChI is InChI=1S/C13H20NO6P/c1-4-9-19-21(18,20-10-5-2)13(12(16)17)7-6-8-14(13)11(3)15/h4-5H,1-2,6-10H2,3H3,(H,16,17)/t13-/m1/s1. The fourth-order valence-corrected chi connectivity index (χ4v) is 4.71. The zero-order chi connectivity index (χ0) is 16.1. The van der Waals surface area contributed by atoms with Gasteiger partial charge in [0.15, 0.2) is 0 Å². The highest BCUT2D eigenvalue weighted by Crippen LogP contribution is 2.65. The lowest BCUT2D eigenvalue weighted by molar-refractivity contribution is -0.151. The number of rotatable bonds is 8. The molecule has 0 aromatic rings. The number of likely N-dealkylation sites (tertiary alicyclic amines) is 1. The van der Waals surface area contributed by atoms with Crippen LogP contribution in [0.5, 0.6) is 0 Å². The van der Waals surface area contributed by atoms with Crippen LogP contribution in [0.1, 0.15) is 19.8 Å². The number of carbonyl (C=O) groups is 2. The molecule has 1 rings (SSSR count). The second-order valence-corrected chi connectivity index (χ2v) is 6.81. The van der Waals surface area contributed by atoms with Crippen LogP contribution in [0.3, 0.4) is 0 Å². The first-order valence-corrected chi connectivity index (χ1v) is 8.02. The maximum atomic E-state index is 13.1. The van der Waals surface area contributed by atoms with Crippen LogP contribution in [0.4, 0.5) is 0 Å². The zero-order valence-electron chi connectivity index (χ0n) is 12.0. The Morgan fingerprint density at radius 3 is 2.24 bits per heavy atom. The van der Waals surface area contributed by atoms with Crippen LogP contribution in [-0.2, 0) is 23.2 Å². The summed E-state index contributed by atoms with van der Waals surface area (Å²) in [5.41, 5.74) is 0. The van der Waals surface area contributed by atoms with E-state index in [1.807, 2.05) is 0 Å². The molecule has 118 valence electrons. The van der Waals surface area contributed by atoms with Crippen LogP contribution in [-0.4, -0.2) is 46.9 Å². The summed E-state index contributed by atoms with van der Waals surface area (Å²) in [6.45, 7) is 8.02. The van der Waals surface area contributed by atoms with Crippen molar-refractivity contribution in [3.8, 4) is 0 Å². The van der Waals surface area contributed by atoms with E-state index in [9.17, 15) is 19.3 Å². The van der Waals surface area contributed by atoms with E-state index in [0.29, 0.717) is 6.42 Å². The number of carboxylic acids is 1. The van der Waals surface area contributed by atoms with E-state index >= 15 is 0 Å². The quantitative estimate of drug-likeness (QED) is 0.544. The smallest absolute Gasteiger partial charge is 0.368 e. The molecule has 21 heavy (non-hydrogen) atoms. The third-order valence-corrected chi connectivity index (χ3v) is 5.79. The maximum absolute atomic E-state index is 13.1. The Bertz CT molecular complexity index is 475. The van der Waals surface area contributed by atoms with Gasteiger partial charge in [-0.1, -0.05) is 12.2 Å². The number of carboxylic acid groups (broad SMARTS) is 1. The van der Waals surface area contributed by atoms with Crippen LogP contribution in [0, 0.1) is 0 Å². The number of amides is 1. The first-order valence-electron chi connectivity index (χ1n) is 6.48. The van der Waals surface area contributed by atoms with E-state index in [4.69, 9.17) is 9.05 Å². The summed E-state index contributed by atoms with van der Waals surface area (Å²) in [5, 5.41) is 7.64. The molecular weight excluding hydrogens is 297 g/mol. The van der Waals surface area contributed by atoms with Crippen LogP contribution in [0.2, 0.25) is 0 Å². The molecule has 1 fully saturated rings. The van der Waals surface area contributed by atoms with E-state index in [2.05, 4.69) is 13.2 Å². The van der Waals surface area contributed by atoms with Crippen molar-refractivity contribution in [2.75, 3.05) is 19.8 Å². The van der Waals surface area contributed by atoms with E-state index in [0.717, 1.165) is 4.90 Å². The molecule has 1 saturated heterocycles. The number of hydrogen-bond acceptors (Lipinski definition) is 5. The van der Waals surface area contributed by atoms with Crippen LogP contribution in [0.25, 0.3) is 0 Å². The fraction of sp³-hybridized carbons (Fsp3) is 0.538. The van der Waals surface area contributed by atoms with Gasteiger partial charge in [-0.15, -0.1) is 13.2 Å². The van der Waals surface area contributed by atoms with Crippen molar-refractivity contribution in [3.63, 3.8) is 0 Å². The van der Waals surface area contributed by atoms with Gasteiger partial charge in [0.05, 0.1) is 13.2 Å². The second kappa shape index (κ2) is 7.02. The first-order chi connectivity index (χ1) is 9.85. The van der Waals surface area contributed by atoms with E-state index < -0.39 is 24.8 Å². The topological polar surface area (TPSA) is 93.1 Å². The van der Waals surface area contributed by atoms with Gasteiger partial charge >= 0.3 is 13.6 Å². The third-order valence-electron chi connectivity index (χ3n) is 3.25. The number of nitrogens with zero attached hydrogens (tertiary/aromatic N) is 1. The predicted molar refractivity (Wildman–Crippen MR) is 76.9 cm³/mol. The van der Waals surface area contributed by atoms with E-state index in [1.165, 1.54) is 19.1 Å². The maximum Gasteiger partial charge on any atom is 0.368 e. The minimum atomic E-state index is -4.13. The van der Waals surface area contributed by atoms with Crippen molar-refractivity contribution in [2.45, 2.75) is 25.0 Å². The molecule has 0 bridgehead atoms. The lowest BCUT2D eigenvalue weighted by atomic mass is 10.2. The lowest BCUT2D eigenvalue weighted by Gasteiger charge is -2.38. The summed E-state index contributed by atoms with van der Waals surface area (Å²) >= 11 is 0. The number of hydrogen-bond donors (Lipinski definition) is 1. The minimum absolute atomic E-state index is 0.00742. The minimum Gasteiger partial charge on any atom is -0.479 e. The molecule has 0 aromatic heterocycles. The molecule has 0 saturated carbocycles. The summed E-state index contributed by atoms with van der Waals surface area (Å²) in [4.78, 5) is 24.6. The Balaban J connectivity index is 3.34. The number of aliphatic carboxylic acids is 1. The average Bonchev–Trinajstić information content (AvgIpc) is 2.89. The summed E-state index contributed by atoms with van der Waals surface area (Å²) in [6.07, 6.45) is 3.09. The molecule has 0 aliphatic carbocycles. The van der Waals surface area contributed by atoms with Gasteiger partial charge in [0.2, 0.25) is 11.2 Å². The highest BCUT2D eigenvalue weighted by molar-refractivity contribution is 7.56. The molecule has 8 heteroatoms. The molecule has 0 spiro atoms. The Morgan fingerprint density at radius 2 is 1.86 bits per heavy atom. The summed E-state index contributed by atoms with van der Waals surface area (Å²) < 4.78 is 23.5. The largest absolute Gasteiger partial charge is 0.479 e. The lowest BCUT2D eigenvalue weighted by Crippen LogP contribution is -2.52. The van der Waals surface area contributed by atoms with Gasteiger partial charge in [0.25, 0.3) is 0 Å². The third kappa shape index (κ3) is 3.10. The van der Waals surface area contributed by atoms with Gasteiger partial charge in [0, 0.05) is 13.5 Å². The Kier molecular flexibility index (Phi) is 5.89. The Morgan fingerprint density at radius 1 is 1.33 bits per heavy atom. The molecule has 1 heterocycles. The Labute approximate surface area is 123 Å². The van der Waals surface area contributed by atoms with Crippen molar-refractivity contribution in [2.24, 2.45) is 0 Å². The van der Waals surface area contributed by atoms with Crippen molar-refractivity contribution in [1.82, 2.24) is 4.90 Å². The molecule has 1 aliphatic rings. The molecule has 1 amide bonds. The van der Waals surface area contributed by atoms with Crippen LogP contribution < -0.4 is 0 Å². The molecule has 1 aliphatic heterocycles. The Hall–Kier alpha value is -1.43. The van der Waals surface area contributed by atoms with Crippen molar-refractivity contribution >= 4 is 19.5 Å². The van der Waals surface area contributed by atoms with Crippen molar-refractivity contribution in [1.29, 1.82) is 0 Å². The van der Waals surface area contributed by atoms with E-state index in [1.54, 1.807) is 0 Å². The van der Waals surface area contributed by atoms with Gasteiger partial charge in [-0.05, 0) is 12.8 Å². The highest BCUT2D eigenvalue weighted by Gasteiger charge is 2.64. The highest BCUT2D eigenvalue weighted by atomic mass is 31.2. The predicted octanol–water partition coefficient (Wildman–Crippen LogP) is 2.01. The van der Waals surface area contributed by atoms with Gasteiger partial charge in [-0.25, -0.2) is 4.79 Å². The molecule has 0 aromatic carbocycles. The van der Waals surface area contributed by atoms with Crippen LogP contribution in [0.15, 0.2) is 25.3 Å². The monoisotopic (exact) mass is 317 g/mol. The van der Waals surface area contributed by atoms with Crippen molar-refractivity contribution in [3.05, 3.63) is 25.3 Å². The summed E-state index contributed by atoms with van der Waals surface area (Å²) in [7, 11) is -4.13. The normalized spacial score (nSPS) is 22.0. The molecular formula is C13H20NO6P. The fourth-order valence-electron chi connectivity index (χ4n) is 2.40.